The Labute approximate surface area is 196 Å². The van der Waals surface area contributed by atoms with Crippen molar-refractivity contribution >= 4 is 34.9 Å². The van der Waals surface area contributed by atoms with Gasteiger partial charge >= 0.3 is 0 Å². The largest absolute Gasteiger partial charge is 0.379 e. The smallest absolute Gasteiger partial charge is 0.262 e. The number of piperidine rings is 1. The first kappa shape index (κ1) is 22.0. The van der Waals surface area contributed by atoms with E-state index in [1.807, 2.05) is 13.1 Å². The van der Waals surface area contributed by atoms with E-state index in [4.69, 9.17) is 0 Å². The van der Waals surface area contributed by atoms with Crippen LogP contribution in [0.5, 0.6) is 0 Å². The fourth-order valence-corrected chi connectivity index (χ4v) is 4.70. The number of aromatic nitrogens is 1. The van der Waals surface area contributed by atoms with Crippen LogP contribution in [0, 0.1) is 6.92 Å². The van der Waals surface area contributed by atoms with Gasteiger partial charge in [-0.15, -0.1) is 0 Å². The van der Waals surface area contributed by atoms with Crippen molar-refractivity contribution in [2.45, 2.75) is 38.8 Å². The van der Waals surface area contributed by atoms with Gasteiger partial charge in [0, 0.05) is 25.7 Å². The highest BCUT2D eigenvalue weighted by atomic mass is 16.2. The van der Waals surface area contributed by atoms with E-state index in [9.17, 15) is 19.2 Å². The standard InChI is InChI=1S/C25H25N5O4/c1-14-19(11-17(13-27-14)15-7-9-26-10-8-15)28-12-16-3-2-4-18-22(16)25(34)30(24(18)33)20-5-6-21(31)29-23(20)32/h2-4,7,11,13,20,26,28H,5-6,8-10,12H2,1H3,(H,29,31,32). The fourth-order valence-electron chi connectivity index (χ4n) is 4.70. The number of pyridine rings is 1. The van der Waals surface area contributed by atoms with Crippen LogP contribution in [0.25, 0.3) is 5.57 Å². The molecule has 0 saturated carbocycles. The first-order valence-corrected chi connectivity index (χ1v) is 11.4. The summed E-state index contributed by atoms with van der Waals surface area (Å²) < 4.78 is 0. The second-order valence-electron chi connectivity index (χ2n) is 8.68. The average Bonchev–Trinajstić information content (AvgIpc) is 3.10. The van der Waals surface area contributed by atoms with E-state index in [0.717, 1.165) is 41.4 Å². The summed E-state index contributed by atoms with van der Waals surface area (Å²) in [5.41, 5.74) is 5.23. The molecule has 0 radical (unpaired) electrons. The number of imide groups is 2. The molecule has 2 aromatic rings. The molecule has 1 atom stereocenters. The number of hydrogen-bond acceptors (Lipinski definition) is 7. The van der Waals surface area contributed by atoms with Crippen LogP contribution in [0.1, 0.15) is 56.8 Å². The number of aryl methyl sites for hydroxylation is 1. The summed E-state index contributed by atoms with van der Waals surface area (Å²) in [6.07, 6.45) is 5.19. The number of hydrogen-bond donors (Lipinski definition) is 3. The number of fused-ring (bicyclic) bond motifs is 1. The van der Waals surface area contributed by atoms with Crippen LogP contribution in [0.4, 0.5) is 5.69 Å². The second kappa shape index (κ2) is 8.83. The van der Waals surface area contributed by atoms with Gasteiger partial charge in [0.05, 0.1) is 22.5 Å². The number of nitrogens with zero attached hydrogens (tertiary/aromatic N) is 2. The van der Waals surface area contributed by atoms with E-state index in [2.05, 4.69) is 33.1 Å². The molecule has 9 nitrogen and oxygen atoms in total. The number of anilines is 1. The van der Waals surface area contributed by atoms with Gasteiger partial charge in [0.25, 0.3) is 11.8 Å². The molecule has 1 saturated heterocycles. The zero-order valence-electron chi connectivity index (χ0n) is 18.8. The summed E-state index contributed by atoms with van der Waals surface area (Å²) in [5, 5.41) is 8.90. The zero-order valence-corrected chi connectivity index (χ0v) is 18.8. The van der Waals surface area contributed by atoms with Crippen molar-refractivity contribution in [2.24, 2.45) is 0 Å². The van der Waals surface area contributed by atoms with Gasteiger partial charge in [0.2, 0.25) is 11.8 Å². The number of benzene rings is 1. The maximum Gasteiger partial charge on any atom is 0.262 e. The van der Waals surface area contributed by atoms with Gasteiger partial charge in [-0.05, 0) is 55.1 Å². The topological polar surface area (TPSA) is 120 Å². The molecular formula is C25H25N5O4. The minimum absolute atomic E-state index is 0.0906. The highest BCUT2D eigenvalue weighted by Gasteiger charge is 2.45. The Bertz CT molecular complexity index is 1250. The van der Waals surface area contributed by atoms with E-state index >= 15 is 0 Å². The lowest BCUT2D eigenvalue weighted by Gasteiger charge is -2.27. The molecule has 0 spiro atoms. The van der Waals surface area contributed by atoms with Gasteiger partial charge in [0.15, 0.2) is 0 Å². The Balaban J connectivity index is 1.39. The summed E-state index contributed by atoms with van der Waals surface area (Å²) in [5.74, 6) is -2.02. The molecule has 0 aliphatic carbocycles. The number of carbonyl (C=O) groups excluding carboxylic acids is 4. The van der Waals surface area contributed by atoms with Crippen molar-refractivity contribution in [3.8, 4) is 0 Å². The summed E-state index contributed by atoms with van der Waals surface area (Å²) in [6, 6.07) is 6.21. The third-order valence-electron chi connectivity index (χ3n) is 6.55. The third-order valence-corrected chi connectivity index (χ3v) is 6.55. The minimum Gasteiger partial charge on any atom is -0.379 e. The molecule has 1 fully saturated rings. The molecule has 0 bridgehead atoms. The van der Waals surface area contributed by atoms with Gasteiger partial charge in [-0.25, -0.2) is 0 Å². The summed E-state index contributed by atoms with van der Waals surface area (Å²) in [4.78, 5) is 55.7. The van der Waals surface area contributed by atoms with Crippen molar-refractivity contribution in [2.75, 3.05) is 18.4 Å². The summed E-state index contributed by atoms with van der Waals surface area (Å²) >= 11 is 0. The van der Waals surface area contributed by atoms with Crippen LogP contribution in [0.2, 0.25) is 0 Å². The molecule has 3 aliphatic heterocycles. The van der Waals surface area contributed by atoms with Crippen LogP contribution < -0.4 is 16.0 Å². The van der Waals surface area contributed by atoms with E-state index in [-0.39, 0.29) is 18.4 Å². The molecule has 4 heterocycles. The Morgan fingerprint density at radius 3 is 2.76 bits per heavy atom. The third kappa shape index (κ3) is 3.88. The second-order valence-corrected chi connectivity index (χ2v) is 8.68. The molecule has 174 valence electrons. The molecular weight excluding hydrogens is 434 g/mol. The van der Waals surface area contributed by atoms with Crippen molar-refractivity contribution in [1.82, 2.24) is 20.5 Å². The summed E-state index contributed by atoms with van der Waals surface area (Å²) in [7, 11) is 0. The molecule has 3 aliphatic rings. The average molecular weight is 460 g/mol. The number of nitrogens with one attached hydrogen (secondary N) is 3. The Kier molecular flexibility index (Phi) is 5.70. The Morgan fingerprint density at radius 2 is 2.00 bits per heavy atom. The van der Waals surface area contributed by atoms with E-state index in [1.165, 1.54) is 5.57 Å². The predicted molar refractivity (Wildman–Crippen MR) is 125 cm³/mol. The first-order valence-electron chi connectivity index (χ1n) is 11.4. The quantitative estimate of drug-likeness (QED) is 0.583. The molecule has 1 unspecified atom stereocenters. The first-order chi connectivity index (χ1) is 16.4. The van der Waals surface area contributed by atoms with Crippen molar-refractivity contribution < 1.29 is 19.2 Å². The SMILES string of the molecule is Cc1ncc(C2=CCNCC2)cc1NCc1cccc2c1C(=O)N(C1CCC(=O)NC1=O)C2=O. The zero-order chi connectivity index (χ0) is 23.8. The Morgan fingerprint density at radius 1 is 1.15 bits per heavy atom. The van der Waals surface area contributed by atoms with Crippen LogP contribution in [0.3, 0.4) is 0 Å². The molecule has 3 N–H and O–H groups in total. The molecule has 34 heavy (non-hydrogen) atoms. The Hall–Kier alpha value is -3.85. The summed E-state index contributed by atoms with van der Waals surface area (Å²) in [6.45, 7) is 4.00. The van der Waals surface area contributed by atoms with Crippen molar-refractivity contribution in [3.63, 3.8) is 0 Å². The molecule has 9 heteroatoms. The van der Waals surface area contributed by atoms with Crippen LogP contribution in [-0.4, -0.2) is 52.6 Å². The van der Waals surface area contributed by atoms with Gasteiger partial charge in [-0.1, -0.05) is 18.2 Å². The lowest BCUT2D eigenvalue weighted by atomic mass is 10.0. The maximum atomic E-state index is 13.3. The van der Waals surface area contributed by atoms with Gasteiger partial charge < -0.3 is 10.6 Å². The number of carbonyl (C=O) groups is 4. The predicted octanol–water partition coefficient (Wildman–Crippen LogP) is 1.78. The van der Waals surface area contributed by atoms with Crippen LogP contribution in [-0.2, 0) is 16.1 Å². The van der Waals surface area contributed by atoms with Gasteiger partial charge in [-0.2, -0.15) is 0 Å². The lowest BCUT2D eigenvalue weighted by molar-refractivity contribution is -0.136. The van der Waals surface area contributed by atoms with Crippen molar-refractivity contribution in [3.05, 3.63) is 64.5 Å². The van der Waals surface area contributed by atoms with Crippen LogP contribution in [0.15, 0.2) is 36.5 Å². The van der Waals surface area contributed by atoms with E-state index < -0.39 is 29.7 Å². The fraction of sp³-hybridized carbons (Fsp3) is 0.320. The highest BCUT2D eigenvalue weighted by Crippen LogP contribution is 2.31. The highest BCUT2D eigenvalue weighted by molar-refractivity contribution is 6.24. The monoisotopic (exact) mass is 459 g/mol. The lowest BCUT2D eigenvalue weighted by Crippen LogP contribution is -2.54. The normalized spacial score (nSPS) is 20.2. The van der Waals surface area contributed by atoms with Gasteiger partial charge in [0.1, 0.15) is 6.04 Å². The van der Waals surface area contributed by atoms with Crippen molar-refractivity contribution in [1.29, 1.82) is 0 Å². The molecule has 4 amide bonds. The molecule has 5 rings (SSSR count). The minimum atomic E-state index is -0.979. The molecule has 1 aromatic heterocycles. The van der Waals surface area contributed by atoms with Crippen LogP contribution >= 0.6 is 0 Å². The number of amides is 4. The number of rotatable bonds is 5. The van der Waals surface area contributed by atoms with E-state index in [1.54, 1.807) is 18.2 Å². The van der Waals surface area contributed by atoms with E-state index in [0.29, 0.717) is 17.7 Å². The van der Waals surface area contributed by atoms with Gasteiger partial charge in [-0.3, -0.25) is 34.4 Å². The maximum absolute atomic E-state index is 13.3. The molecule has 1 aromatic carbocycles.